The van der Waals surface area contributed by atoms with Crippen molar-refractivity contribution >= 4 is 33.0 Å². The predicted molar refractivity (Wildman–Crippen MR) is 120 cm³/mol. The SMILES string of the molecule is Cc1nc(C2([N+](=O)[O-])CCN(S(=O)(=O)c3ccccc3)CC2)sc1-c1ccc(Cl)cc1. The molecule has 10 heteroatoms. The topological polar surface area (TPSA) is 93.4 Å². The molecular formula is C21H20ClN3O4S2. The van der Waals surface area contributed by atoms with Crippen LogP contribution in [0.2, 0.25) is 5.02 Å². The van der Waals surface area contributed by atoms with Crippen molar-refractivity contribution in [2.45, 2.75) is 30.2 Å². The van der Waals surface area contributed by atoms with Crippen LogP contribution in [0.5, 0.6) is 0 Å². The summed E-state index contributed by atoms with van der Waals surface area (Å²) in [7, 11) is -3.69. The summed E-state index contributed by atoms with van der Waals surface area (Å²) >= 11 is 7.26. The summed E-state index contributed by atoms with van der Waals surface area (Å²) in [4.78, 5) is 17.5. The number of benzene rings is 2. The van der Waals surface area contributed by atoms with E-state index in [4.69, 9.17) is 11.6 Å². The van der Waals surface area contributed by atoms with Gasteiger partial charge in [-0.2, -0.15) is 4.31 Å². The molecule has 0 aliphatic carbocycles. The van der Waals surface area contributed by atoms with Crippen LogP contribution in [0.3, 0.4) is 0 Å². The van der Waals surface area contributed by atoms with Gasteiger partial charge in [0.1, 0.15) is 0 Å². The fraction of sp³-hybridized carbons (Fsp3) is 0.286. The largest absolute Gasteiger partial charge is 0.275 e. The maximum atomic E-state index is 12.9. The second-order valence-electron chi connectivity index (χ2n) is 7.45. The van der Waals surface area contributed by atoms with Crippen LogP contribution < -0.4 is 0 Å². The third-order valence-corrected chi connectivity index (χ3v) is 9.15. The first kappa shape index (κ1) is 21.9. The van der Waals surface area contributed by atoms with Gasteiger partial charge in [0.15, 0.2) is 5.01 Å². The smallest absolute Gasteiger partial charge is 0.264 e. The van der Waals surface area contributed by atoms with Gasteiger partial charge in [-0.05, 0) is 36.8 Å². The average molecular weight is 478 g/mol. The van der Waals surface area contributed by atoms with Gasteiger partial charge >= 0.3 is 0 Å². The molecule has 0 radical (unpaired) electrons. The van der Waals surface area contributed by atoms with Crippen LogP contribution in [0.15, 0.2) is 59.5 Å². The Balaban J connectivity index is 1.63. The van der Waals surface area contributed by atoms with E-state index >= 15 is 0 Å². The molecule has 2 heterocycles. The fourth-order valence-corrected chi connectivity index (χ4v) is 6.66. The van der Waals surface area contributed by atoms with E-state index in [1.165, 1.54) is 27.8 Å². The summed E-state index contributed by atoms with van der Waals surface area (Å²) in [5.74, 6) is 0. The van der Waals surface area contributed by atoms with Gasteiger partial charge < -0.3 is 0 Å². The lowest BCUT2D eigenvalue weighted by Gasteiger charge is -2.33. The third-order valence-electron chi connectivity index (χ3n) is 5.58. The van der Waals surface area contributed by atoms with E-state index < -0.39 is 15.6 Å². The third kappa shape index (κ3) is 3.98. The number of thiazole rings is 1. The van der Waals surface area contributed by atoms with E-state index in [0.29, 0.717) is 15.7 Å². The lowest BCUT2D eigenvalue weighted by atomic mass is 9.90. The molecule has 0 bridgehead atoms. The number of rotatable bonds is 5. The lowest BCUT2D eigenvalue weighted by Crippen LogP contribution is -2.48. The van der Waals surface area contributed by atoms with Crippen LogP contribution in [0.4, 0.5) is 0 Å². The van der Waals surface area contributed by atoms with Gasteiger partial charge in [0.05, 0.1) is 15.5 Å². The zero-order valence-electron chi connectivity index (χ0n) is 16.7. The summed E-state index contributed by atoms with van der Waals surface area (Å²) in [6.45, 7) is 1.95. The van der Waals surface area contributed by atoms with Crippen molar-refractivity contribution in [2.24, 2.45) is 0 Å². The monoisotopic (exact) mass is 477 g/mol. The minimum Gasteiger partial charge on any atom is -0.264 e. The van der Waals surface area contributed by atoms with Crippen molar-refractivity contribution in [3.63, 3.8) is 0 Å². The molecule has 0 N–H and O–H groups in total. The summed E-state index contributed by atoms with van der Waals surface area (Å²) in [5.41, 5.74) is 0.208. The number of sulfonamides is 1. The minimum absolute atomic E-state index is 0.0626. The normalized spacial score (nSPS) is 16.8. The summed E-state index contributed by atoms with van der Waals surface area (Å²) in [6.07, 6.45) is 0.137. The number of hydrogen-bond acceptors (Lipinski definition) is 6. The predicted octanol–water partition coefficient (Wildman–Crippen LogP) is 4.73. The highest BCUT2D eigenvalue weighted by Gasteiger charge is 2.52. The van der Waals surface area contributed by atoms with Crippen molar-refractivity contribution in [3.8, 4) is 10.4 Å². The van der Waals surface area contributed by atoms with E-state index in [9.17, 15) is 18.5 Å². The van der Waals surface area contributed by atoms with Crippen molar-refractivity contribution in [1.82, 2.24) is 9.29 Å². The molecule has 1 aliphatic rings. The highest BCUT2D eigenvalue weighted by Crippen LogP contribution is 2.42. The number of halogens is 1. The van der Waals surface area contributed by atoms with E-state index in [1.54, 1.807) is 30.3 Å². The Hall–Kier alpha value is -2.33. The second kappa shape index (κ2) is 8.31. The van der Waals surface area contributed by atoms with Gasteiger partial charge in [-0.25, -0.2) is 13.4 Å². The van der Waals surface area contributed by atoms with Gasteiger partial charge in [-0.3, -0.25) is 10.1 Å². The number of nitro groups is 1. The Kier molecular flexibility index (Phi) is 5.87. The molecule has 1 saturated heterocycles. The molecule has 0 saturated carbocycles. The molecule has 162 valence electrons. The van der Waals surface area contributed by atoms with Crippen molar-refractivity contribution in [1.29, 1.82) is 0 Å². The van der Waals surface area contributed by atoms with Crippen molar-refractivity contribution in [2.75, 3.05) is 13.1 Å². The zero-order valence-corrected chi connectivity index (χ0v) is 19.1. The molecule has 0 atom stereocenters. The van der Waals surface area contributed by atoms with E-state index in [0.717, 1.165) is 10.4 Å². The van der Waals surface area contributed by atoms with E-state index in [1.807, 2.05) is 19.1 Å². The Bertz CT molecular complexity index is 1200. The zero-order chi connectivity index (χ0) is 22.2. The average Bonchev–Trinajstić information content (AvgIpc) is 3.17. The molecule has 31 heavy (non-hydrogen) atoms. The standard InChI is InChI=1S/C21H20ClN3O4S2/c1-15-19(16-7-9-17(22)10-8-16)30-20(23-15)21(25(26)27)11-13-24(14-12-21)31(28,29)18-5-3-2-4-6-18/h2-10H,11-14H2,1H3. The molecule has 4 rings (SSSR count). The first-order chi connectivity index (χ1) is 14.7. The van der Waals surface area contributed by atoms with Crippen LogP contribution in [-0.4, -0.2) is 35.7 Å². The summed E-state index contributed by atoms with van der Waals surface area (Å²) in [5, 5.41) is 13.2. The molecular weight excluding hydrogens is 458 g/mol. The first-order valence-electron chi connectivity index (χ1n) is 9.67. The van der Waals surface area contributed by atoms with E-state index in [2.05, 4.69) is 4.98 Å². The lowest BCUT2D eigenvalue weighted by molar-refractivity contribution is -0.584. The second-order valence-corrected chi connectivity index (χ2v) is 10.8. The van der Waals surface area contributed by atoms with Crippen LogP contribution in [0, 0.1) is 17.0 Å². The maximum absolute atomic E-state index is 12.9. The molecule has 0 spiro atoms. The van der Waals surface area contributed by atoms with Crippen LogP contribution in [-0.2, 0) is 15.6 Å². The molecule has 7 nitrogen and oxygen atoms in total. The fourth-order valence-electron chi connectivity index (χ4n) is 3.78. The quantitative estimate of drug-likeness (QED) is 0.391. The Morgan fingerprint density at radius 1 is 1.10 bits per heavy atom. The van der Waals surface area contributed by atoms with Gasteiger partial charge in [-0.15, -0.1) is 11.3 Å². The molecule has 1 aromatic heterocycles. The first-order valence-corrected chi connectivity index (χ1v) is 12.3. The van der Waals surface area contributed by atoms with Crippen LogP contribution >= 0.6 is 22.9 Å². The number of nitrogens with zero attached hydrogens (tertiary/aromatic N) is 3. The highest BCUT2D eigenvalue weighted by atomic mass is 35.5. The van der Waals surface area contributed by atoms with Crippen molar-refractivity contribution < 1.29 is 13.3 Å². The van der Waals surface area contributed by atoms with Crippen molar-refractivity contribution in [3.05, 3.63) is 80.4 Å². The molecule has 1 aliphatic heterocycles. The number of aromatic nitrogens is 1. The Morgan fingerprint density at radius 2 is 1.71 bits per heavy atom. The number of piperidine rings is 1. The van der Waals surface area contributed by atoms with Crippen LogP contribution in [0.25, 0.3) is 10.4 Å². The van der Waals surface area contributed by atoms with Gasteiger partial charge in [0, 0.05) is 35.9 Å². The maximum Gasteiger partial charge on any atom is 0.275 e. The van der Waals surface area contributed by atoms with Gasteiger partial charge in [0.2, 0.25) is 10.0 Å². The molecule has 2 aromatic carbocycles. The molecule has 3 aromatic rings. The van der Waals surface area contributed by atoms with Gasteiger partial charge in [-0.1, -0.05) is 41.9 Å². The number of hydrogen-bond donors (Lipinski definition) is 0. The molecule has 0 amide bonds. The van der Waals surface area contributed by atoms with Crippen LogP contribution in [0.1, 0.15) is 23.5 Å². The molecule has 0 unspecified atom stereocenters. The Labute approximate surface area is 189 Å². The number of aryl methyl sites for hydroxylation is 1. The van der Waals surface area contributed by atoms with E-state index in [-0.39, 0.29) is 35.7 Å². The highest BCUT2D eigenvalue weighted by molar-refractivity contribution is 7.89. The van der Waals surface area contributed by atoms with Gasteiger partial charge in [0.25, 0.3) is 5.54 Å². The Morgan fingerprint density at radius 3 is 2.29 bits per heavy atom. The summed E-state index contributed by atoms with van der Waals surface area (Å²) < 4.78 is 27.1. The molecule has 1 fully saturated rings. The summed E-state index contributed by atoms with van der Waals surface area (Å²) in [6, 6.07) is 15.4. The minimum atomic E-state index is -3.69.